The van der Waals surface area contributed by atoms with Gasteiger partial charge in [-0.2, -0.15) is 0 Å². The topological polar surface area (TPSA) is 17.1 Å². The molecular formula is C7H5FO. The number of carbonyl (C=O) groups is 1. The van der Waals surface area contributed by atoms with Gasteiger partial charge in [0.05, 0.1) is 0 Å². The number of allylic oxidation sites excluding steroid dienone is 2. The molecule has 0 fully saturated rings. The molecule has 0 heterocycles. The number of ketones is 1. The van der Waals surface area contributed by atoms with Crippen LogP contribution in [-0.2, 0) is 4.79 Å². The average Bonchev–Trinajstić information content (AvgIpc) is 2.15. The quantitative estimate of drug-likeness (QED) is 0.443. The Hall–Kier alpha value is -1.10. The molecule has 0 spiro atoms. The zero-order chi connectivity index (χ0) is 6.85. The first kappa shape index (κ1) is 6.03. The molecule has 2 heteroatoms. The molecule has 0 saturated carbocycles. The Morgan fingerprint density at radius 2 is 2.22 bits per heavy atom. The van der Waals surface area contributed by atoms with Gasteiger partial charge in [0.2, 0.25) is 0 Å². The first-order valence-corrected chi connectivity index (χ1v) is 2.64. The van der Waals surface area contributed by atoms with E-state index in [2.05, 4.69) is 5.92 Å². The molecule has 9 heavy (non-hydrogen) atoms. The van der Waals surface area contributed by atoms with Crippen LogP contribution in [0.15, 0.2) is 11.4 Å². The number of halogens is 1. The van der Waals surface area contributed by atoms with Crippen molar-refractivity contribution in [3.8, 4) is 12.3 Å². The van der Waals surface area contributed by atoms with Crippen LogP contribution < -0.4 is 0 Å². The zero-order valence-electron chi connectivity index (χ0n) is 4.78. The van der Waals surface area contributed by atoms with Gasteiger partial charge >= 0.3 is 0 Å². The fourth-order valence-corrected chi connectivity index (χ4v) is 0.762. The van der Waals surface area contributed by atoms with Gasteiger partial charge in [0.25, 0.3) is 0 Å². The zero-order valence-corrected chi connectivity index (χ0v) is 4.78. The lowest BCUT2D eigenvalue weighted by atomic mass is 10.2. The maximum Gasteiger partial charge on any atom is 0.192 e. The van der Waals surface area contributed by atoms with E-state index < -0.39 is 11.6 Å². The molecule has 0 radical (unpaired) electrons. The molecule has 46 valence electrons. The third-order valence-corrected chi connectivity index (χ3v) is 1.29. The number of hydrogen-bond acceptors (Lipinski definition) is 1. The van der Waals surface area contributed by atoms with Crippen molar-refractivity contribution >= 4 is 5.78 Å². The maximum atomic E-state index is 12.4. The van der Waals surface area contributed by atoms with E-state index in [0.29, 0.717) is 6.42 Å². The van der Waals surface area contributed by atoms with E-state index in [1.54, 1.807) is 0 Å². The van der Waals surface area contributed by atoms with Crippen LogP contribution in [0.1, 0.15) is 12.8 Å². The normalized spacial score (nSPS) is 18.4. The second-order valence-corrected chi connectivity index (χ2v) is 1.86. The molecule has 1 nitrogen and oxygen atoms in total. The third-order valence-electron chi connectivity index (χ3n) is 1.29. The van der Waals surface area contributed by atoms with E-state index >= 15 is 0 Å². The number of Topliss-reactive ketones (excluding diaryl/α,β-unsaturated/α-hetero) is 1. The van der Waals surface area contributed by atoms with E-state index in [9.17, 15) is 9.18 Å². The molecule has 0 unspecified atom stereocenters. The molecule has 0 aromatic heterocycles. The highest BCUT2D eigenvalue weighted by Crippen LogP contribution is 2.22. The summed E-state index contributed by atoms with van der Waals surface area (Å²) < 4.78 is 12.4. The molecular weight excluding hydrogens is 119 g/mol. The van der Waals surface area contributed by atoms with E-state index in [1.807, 2.05) is 0 Å². The number of hydrogen-bond donors (Lipinski definition) is 0. The van der Waals surface area contributed by atoms with Crippen molar-refractivity contribution in [1.82, 2.24) is 0 Å². The molecule has 0 bridgehead atoms. The predicted molar refractivity (Wildman–Crippen MR) is 31.2 cm³/mol. The Balaban J connectivity index is 2.96. The van der Waals surface area contributed by atoms with Crippen LogP contribution in [0.4, 0.5) is 4.39 Å². The SMILES string of the molecule is C#CC1=C(F)C(=O)CC1. The minimum absolute atomic E-state index is 0.222. The molecule has 0 aromatic rings. The molecule has 0 amide bonds. The summed E-state index contributed by atoms with van der Waals surface area (Å²) in [4.78, 5) is 10.4. The van der Waals surface area contributed by atoms with E-state index in [1.165, 1.54) is 0 Å². The van der Waals surface area contributed by atoms with Crippen LogP contribution >= 0.6 is 0 Å². The summed E-state index contributed by atoms with van der Waals surface area (Å²) in [5.74, 6) is 0.962. The summed E-state index contributed by atoms with van der Waals surface area (Å²) in [6, 6.07) is 0. The van der Waals surface area contributed by atoms with Crippen molar-refractivity contribution in [2.24, 2.45) is 0 Å². The van der Waals surface area contributed by atoms with Gasteiger partial charge in [-0.25, -0.2) is 4.39 Å². The van der Waals surface area contributed by atoms with Gasteiger partial charge in [-0.1, -0.05) is 5.92 Å². The van der Waals surface area contributed by atoms with Crippen LogP contribution in [0.5, 0.6) is 0 Å². The summed E-state index contributed by atoms with van der Waals surface area (Å²) >= 11 is 0. The Bertz CT molecular complexity index is 220. The predicted octanol–water partition coefficient (Wildman–Crippen LogP) is 1.21. The highest BCUT2D eigenvalue weighted by Gasteiger charge is 2.20. The molecule has 0 aromatic carbocycles. The minimum atomic E-state index is -0.711. The van der Waals surface area contributed by atoms with Crippen molar-refractivity contribution in [2.75, 3.05) is 0 Å². The largest absolute Gasteiger partial charge is 0.292 e. The first-order valence-electron chi connectivity index (χ1n) is 2.64. The molecule has 0 atom stereocenters. The summed E-state index contributed by atoms with van der Waals surface area (Å²) in [7, 11) is 0. The Morgan fingerprint density at radius 1 is 1.56 bits per heavy atom. The van der Waals surface area contributed by atoms with E-state index in [0.717, 1.165) is 0 Å². The lowest BCUT2D eigenvalue weighted by Gasteiger charge is -1.81. The van der Waals surface area contributed by atoms with Crippen LogP contribution in [-0.4, -0.2) is 5.78 Å². The van der Waals surface area contributed by atoms with Crippen molar-refractivity contribution in [3.05, 3.63) is 11.4 Å². The Morgan fingerprint density at radius 3 is 2.44 bits per heavy atom. The van der Waals surface area contributed by atoms with Gasteiger partial charge < -0.3 is 0 Å². The van der Waals surface area contributed by atoms with Gasteiger partial charge in [-0.3, -0.25) is 4.79 Å². The standard InChI is InChI=1S/C7H5FO/c1-2-5-3-4-6(9)7(5)8/h1H,3-4H2. The number of carbonyl (C=O) groups excluding carboxylic acids is 1. The van der Waals surface area contributed by atoms with Crippen molar-refractivity contribution in [2.45, 2.75) is 12.8 Å². The molecule has 0 N–H and O–H groups in total. The fourth-order valence-electron chi connectivity index (χ4n) is 0.762. The summed E-state index contributed by atoms with van der Waals surface area (Å²) in [6.07, 6.45) is 5.53. The van der Waals surface area contributed by atoms with E-state index in [-0.39, 0.29) is 12.0 Å². The highest BCUT2D eigenvalue weighted by atomic mass is 19.1. The minimum Gasteiger partial charge on any atom is -0.292 e. The van der Waals surface area contributed by atoms with Gasteiger partial charge in [0, 0.05) is 12.0 Å². The second-order valence-electron chi connectivity index (χ2n) is 1.86. The maximum absolute atomic E-state index is 12.4. The summed E-state index contributed by atoms with van der Waals surface area (Å²) in [5, 5.41) is 0. The van der Waals surface area contributed by atoms with Crippen LogP contribution in [0.2, 0.25) is 0 Å². The average molecular weight is 124 g/mol. The van der Waals surface area contributed by atoms with Crippen LogP contribution in [0.25, 0.3) is 0 Å². The van der Waals surface area contributed by atoms with Crippen LogP contribution in [0.3, 0.4) is 0 Å². The lowest BCUT2D eigenvalue weighted by molar-refractivity contribution is -0.116. The van der Waals surface area contributed by atoms with Crippen molar-refractivity contribution in [1.29, 1.82) is 0 Å². The van der Waals surface area contributed by atoms with Crippen molar-refractivity contribution < 1.29 is 9.18 Å². The smallest absolute Gasteiger partial charge is 0.192 e. The second kappa shape index (κ2) is 2.02. The van der Waals surface area contributed by atoms with Gasteiger partial charge in [-0.15, -0.1) is 6.42 Å². The van der Waals surface area contributed by atoms with Gasteiger partial charge in [0.15, 0.2) is 11.6 Å². The van der Waals surface area contributed by atoms with Crippen molar-refractivity contribution in [3.63, 3.8) is 0 Å². The Labute approximate surface area is 52.6 Å². The lowest BCUT2D eigenvalue weighted by Crippen LogP contribution is -1.88. The Kier molecular flexibility index (Phi) is 1.35. The molecule has 0 aliphatic heterocycles. The van der Waals surface area contributed by atoms with Gasteiger partial charge in [0.1, 0.15) is 0 Å². The number of terminal acetylenes is 1. The first-order chi connectivity index (χ1) is 4.25. The van der Waals surface area contributed by atoms with Gasteiger partial charge in [-0.05, 0) is 6.42 Å². The molecule has 0 saturated heterocycles. The van der Waals surface area contributed by atoms with E-state index in [4.69, 9.17) is 6.42 Å². The molecule has 1 rings (SSSR count). The highest BCUT2D eigenvalue weighted by molar-refractivity contribution is 5.97. The fraction of sp³-hybridized carbons (Fsp3) is 0.286. The molecule has 1 aliphatic carbocycles. The van der Waals surface area contributed by atoms with Crippen LogP contribution in [0, 0.1) is 12.3 Å². The summed E-state index contributed by atoms with van der Waals surface area (Å²) in [5.41, 5.74) is 0.222. The molecule has 1 aliphatic rings. The third kappa shape index (κ3) is 0.857. The summed E-state index contributed by atoms with van der Waals surface area (Å²) in [6.45, 7) is 0. The number of rotatable bonds is 0. The monoisotopic (exact) mass is 124 g/mol.